The molecule has 0 radical (unpaired) electrons. The SMILES string of the molecule is ClC1=C[I-]C=c2ccc(Br)cc2=C1. The average molecular weight is 368 g/mol. The van der Waals surface area contributed by atoms with Gasteiger partial charge in [0.15, 0.2) is 0 Å². The molecule has 0 spiro atoms. The Balaban J connectivity index is 2.76. The van der Waals surface area contributed by atoms with Crippen molar-refractivity contribution in [3.05, 3.63) is 42.2 Å². The Labute approximate surface area is 100 Å². The van der Waals surface area contributed by atoms with Crippen molar-refractivity contribution in [3.8, 4) is 0 Å². The molecule has 0 N–H and O–H groups in total. The van der Waals surface area contributed by atoms with Crippen LogP contribution in [-0.2, 0) is 0 Å². The Kier molecular flexibility index (Phi) is 3.11. The number of halogens is 3. The van der Waals surface area contributed by atoms with E-state index in [1.807, 2.05) is 6.08 Å². The van der Waals surface area contributed by atoms with E-state index in [2.05, 4.69) is 42.3 Å². The zero-order valence-corrected chi connectivity index (χ0v) is 11.1. The topological polar surface area (TPSA) is 0 Å². The van der Waals surface area contributed by atoms with Crippen LogP contribution >= 0.6 is 27.5 Å². The molecule has 0 atom stereocenters. The van der Waals surface area contributed by atoms with E-state index in [0.29, 0.717) is 0 Å². The summed E-state index contributed by atoms with van der Waals surface area (Å²) in [6, 6.07) is 6.28. The first-order chi connectivity index (χ1) is 6.25. The summed E-state index contributed by atoms with van der Waals surface area (Å²) in [6.45, 7) is 0. The number of rotatable bonds is 0. The minimum absolute atomic E-state index is 0.0175. The van der Waals surface area contributed by atoms with Crippen LogP contribution in [0.15, 0.2) is 31.8 Å². The maximum atomic E-state index is 6.00. The van der Waals surface area contributed by atoms with E-state index < -0.39 is 0 Å². The van der Waals surface area contributed by atoms with Crippen molar-refractivity contribution in [1.29, 1.82) is 0 Å². The molecule has 1 aromatic rings. The molecule has 0 saturated carbocycles. The Morgan fingerprint density at radius 1 is 1.15 bits per heavy atom. The fourth-order valence-corrected chi connectivity index (χ4v) is 3.58. The van der Waals surface area contributed by atoms with E-state index in [1.54, 1.807) is 0 Å². The van der Waals surface area contributed by atoms with Crippen LogP contribution in [-0.4, -0.2) is 0 Å². The van der Waals surface area contributed by atoms with Gasteiger partial charge in [-0.25, -0.2) is 0 Å². The third-order valence-corrected chi connectivity index (χ3v) is 4.83. The molecule has 1 aliphatic heterocycles. The second kappa shape index (κ2) is 4.15. The summed E-state index contributed by atoms with van der Waals surface area (Å²) in [6.07, 6.45) is 2.02. The number of allylic oxidation sites excluding steroid dienone is 1. The molecule has 68 valence electrons. The summed E-state index contributed by atoms with van der Waals surface area (Å²) in [4.78, 5) is 0. The molecule has 2 rings (SSSR count). The van der Waals surface area contributed by atoms with Crippen molar-refractivity contribution in [3.63, 3.8) is 0 Å². The van der Waals surface area contributed by atoms with E-state index in [1.165, 1.54) is 10.4 Å². The van der Waals surface area contributed by atoms with Crippen LogP contribution in [0, 0.1) is 0 Å². The third-order valence-electron chi connectivity index (χ3n) is 1.69. The molecular weight excluding hydrogens is 362 g/mol. The third kappa shape index (κ3) is 2.36. The second-order valence-electron chi connectivity index (χ2n) is 2.65. The first-order valence-corrected chi connectivity index (χ1v) is 7.37. The first kappa shape index (κ1) is 9.74. The van der Waals surface area contributed by atoms with Crippen LogP contribution in [0.25, 0.3) is 10.2 Å². The fraction of sp³-hybridized carbons (Fsp3) is 0. The number of fused-ring (bicyclic) bond motifs is 1. The maximum absolute atomic E-state index is 6.00. The van der Waals surface area contributed by atoms with Crippen molar-refractivity contribution in [2.24, 2.45) is 0 Å². The molecule has 13 heavy (non-hydrogen) atoms. The molecule has 3 heteroatoms. The van der Waals surface area contributed by atoms with Crippen LogP contribution in [0.2, 0.25) is 0 Å². The molecule has 0 nitrogen and oxygen atoms in total. The normalized spacial score (nSPS) is 15.4. The van der Waals surface area contributed by atoms with Crippen molar-refractivity contribution < 1.29 is 21.2 Å². The van der Waals surface area contributed by atoms with Crippen LogP contribution in [0.4, 0.5) is 0 Å². The van der Waals surface area contributed by atoms with Gasteiger partial charge in [0.2, 0.25) is 0 Å². The van der Waals surface area contributed by atoms with E-state index in [0.717, 1.165) is 9.51 Å². The van der Waals surface area contributed by atoms with Gasteiger partial charge < -0.3 is 0 Å². The van der Waals surface area contributed by atoms with Gasteiger partial charge in [-0.1, -0.05) is 0 Å². The minimum atomic E-state index is -0.0175. The zero-order chi connectivity index (χ0) is 9.26. The molecule has 0 amide bonds. The average Bonchev–Trinajstić information content (AvgIpc) is 2.25. The fourth-order valence-electron chi connectivity index (χ4n) is 1.11. The molecule has 1 heterocycles. The number of hydrogen-bond acceptors (Lipinski definition) is 0. The van der Waals surface area contributed by atoms with E-state index in [-0.39, 0.29) is 21.2 Å². The molecule has 0 aliphatic carbocycles. The van der Waals surface area contributed by atoms with Crippen LogP contribution in [0.3, 0.4) is 0 Å². The summed E-state index contributed by atoms with van der Waals surface area (Å²) < 4.78 is 5.50. The molecule has 0 fully saturated rings. The van der Waals surface area contributed by atoms with Crippen LogP contribution in [0.1, 0.15) is 0 Å². The van der Waals surface area contributed by atoms with Gasteiger partial charge in [-0.05, 0) is 0 Å². The van der Waals surface area contributed by atoms with Crippen molar-refractivity contribution in [2.45, 2.75) is 0 Å². The standard InChI is InChI=1S/C10H6BrClI/c11-9-2-1-7-5-13-6-10(12)4-8(7)3-9/h1-6H/q-1. The molecule has 1 aromatic carbocycles. The molecule has 1 aliphatic rings. The zero-order valence-electron chi connectivity index (χ0n) is 6.60. The molecule has 0 bridgehead atoms. The van der Waals surface area contributed by atoms with Crippen LogP contribution in [0.5, 0.6) is 0 Å². The Bertz CT molecular complexity index is 476. The van der Waals surface area contributed by atoms with Crippen LogP contribution < -0.4 is 31.6 Å². The quantitative estimate of drug-likeness (QED) is 0.524. The number of benzene rings is 1. The van der Waals surface area contributed by atoms with Gasteiger partial charge in [0.1, 0.15) is 0 Å². The van der Waals surface area contributed by atoms with Gasteiger partial charge >= 0.3 is 101 Å². The summed E-state index contributed by atoms with van der Waals surface area (Å²) >= 11 is 9.43. The number of hydrogen-bond donors (Lipinski definition) is 0. The van der Waals surface area contributed by atoms with Gasteiger partial charge in [-0.15, -0.1) is 0 Å². The van der Waals surface area contributed by atoms with Gasteiger partial charge in [0, 0.05) is 0 Å². The Morgan fingerprint density at radius 3 is 2.85 bits per heavy atom. The first-order valence-electron chi connectivity index (χ1n) is 3.71. The second-order valence-corrected chi connectivity index (χ2v) is 5.96. The van der Waals surface area contributed by atoms with Gasteiger partial charge in [0.05, 0.1) is 0 Å². The van der Waals surface area contributed by atoms with E-state index in [4.69, 9.17) is 11.6 Å². The van der Waals surface area contributed by atoms with Gasteiger partial charge in [-0.2, -0.15) is 0 Å². The Morgan fingerprint density at radius 2 is 2.00 bits per heavy atom. The van der Waals surface area contributed by atoms with E-state index >= 15 is 0 Å². The predicted molar refractivity (Wildman–Crippen MR) is 56.3 cm³/mol. The monoisotopic (exact) mass is 367 g/mol. The summed E-state index contributed by atoms with van der Waals surface area (Å²) in [5, 5.41) is 3.36. The summed E-state index contributed by atoms with van der Waals surface area (Å²) in [5.74, 6) is 0. The molecular formula is C10H6BrClI-. The van der Waals surface area contributed by atoms with Gasteiger partial charge in [0.25, 0.3) is 0 Å². The molecule has 0 saturated heterocycles. The van der Waals surface area contributed by atoms with Gasteiger partial charge in [-0.3, -0.25) is 0 Å². The predicted octanol–water partition coefficient (Wildman–Crippen LogP) is -0.850. The molecule has 0 aromatic heterocycles. The van der Waals surface area contributed by atoms with Crippen molar-refractivity contribution in [1.82, 2.24) is 0 Å². The Hall–Kier alpha value is 0.200. The van der Waals surface area contributed by atoms with Crippen molar-refractivity contribution >= 4 is 37.7 Å². The summed E-state index contributed by atoms with van der Waals surface area (Å²) in [7, 11) is 0. The summed E-state index contributed by atoms with van der Waals surface area (Å²) in [5.41, 5.74) is 0. The van der Waals surface area contributed by atoms with Crippen molar-refractivity contribution in [2.75, 3.05) is 0 Å². The van der Waals surface area contributed by atoms with E-state index in [9.17, 15) is 0 Å². The molecule has 0 unspecified atom stereocenters.